The summed E-state index contributed by atoms with van der Waals surface area (Å²) in [6, 6.07) is 6.08. The van der Waals surface area contributed by atoms with Crippen molar-refractivity contribution in [3.05, 3.63) is 29.8 Å². The quantitative estimate of drug-likeness (QED) is 0.796. The van der Waals surface area contributed by atoms with Gasteiger partial charge in [0.2, 0.25) is 10.0 Å². The second-order valence-corrected chi connectivity index (χ2v) is 5.07. The van der Waals surface area contributed by atoms with E-state index < -0.39 is 10.0 Å². The molecule has 0 radical (unpaired) electrons. The molecule has 0 bridgehead atoms. The van der Waals surface area contributed by atoms with Crippen LogP contribution in [0.25, 0.3) is 0 Å². The molecule has 0 amide bonds. The summed E-state index contributed by atoms with van der Waals surface area (Å²) in [5, 5.41) is 0. The molecule has 0 aliphatic heterocycles. The van der Waals surface area contributed by atoms with Crippen LogP contribution in [0.4, 0.5) is 0 Å². The highest BCUT2D eigenvalue weighted by Crippen LogP contribution is 2.12. The van der Waals surface area contributed by atoms with Crippen LogP contribution in [0.15, 0.2) is 29.2 Å². The van der Waals surface area contributed by atoms with Gasteiger partial charge in [-0.25, -0.2) is 13.1 Å². The predicted molar refractivity (Wildman–Crippen MR) is 61.9 cm³/mol. The van der Waals surface area contributed by atoms with Gasteiger partial charge in [-0.2, -0.15) is 0 Å². The molecule has 88 valence electrons. The van der Waals surface area contributed by atoms with Gasteiger partial charge in [-0.1, -0.05) is 26.0 Å². The van der Waals surface area contributed by atoms with E-state index in [4.69, 9.17) is 0 Å². The molecule has 0 saturated carbocycles. The number of carbonyl (C=O) groups is 1. The Labute approximate surface area is 95.7 Å². The molecular formula is C11H15NO3S. The van der Waals surface area contributed by atoms with Gasteiger partial charge in [-0.15, -0.1) is 0 Å². The molecule has 1 N–H and O–H groups in total. The van der Waals surface area contributed by atoms with E-state index in [1.807, 2.05) is 0 Å². The summed E-state index contributed by atoms with van der Waals surface area (Å²) in [5.74, 6) is -0.0615. The summed E-state index contributed by atoms with van der Waals surface area (Å²) in [4.78, 5) is 11.6. The maximum atomic E-state index is 11.7. The van der Waals surface area contributed by atoms with Crippen molar-refractivity contribution in [1.82, 2.24) is 4.72 Å². The molecule has 0 spiro atoms. The first kappa shape index (κ1) is 12.9. The lowest BCUT2D eigenvalue weighted by Crippen LogP contribution is -2.23. The second-order valence-electron chi connectivity index (χ2n) is 3.31. The standard InChI is InChI=1S/C11H15NO3S/c1-3-11(13)9-6-5-7-10(8-9)16(14,15)12-4-2/h5-8,12H,3-4H2,1-2H3. The van der Waals surface area contributed by atoms with E-state index in [0.29, 0.717) is 18.5 Å². The SMILES string of the molecule is CCNS(=O)(=O)c1cccc(C(=O)CC)c1. The van der Waals surface area contributed by atoms with Crippen molar-refractivity contribution in [2.75, 3.05) is 6.54 Å². The minimum atomic E-state index is -3.48. The molecule has 0 saturated heterocycles. The molecule has 0 aliphatic carbocycles. The third-order valence-electron chi connectivity index (χ3n) is 2.12. The maximum absolute atomic E-state index is 11.7. The summed E-state index contributed by atoms with van der Waals surface area (Å²) in [5.41, 5.74) is 0.432. The molecule has 1 aromatic carbocycles. The largest absolute Gasteiger partial charge is 0.294 e. The van der Waals surface area contributed by atoms with Crippen molar-refractivity contribution in [3.63, 3.8) is 0 Å². The fourth-order valence-electron chi connectivity index (χ4n) is 1.31. The van der Waals surface area contributed by atoms with E-state index in [-0.39, 0.29) is 10.7 Å². The number of carbonyl (C=O) groups excluding carboxylic acids is 1. The van der Waals surface area contributed by atoms with Crippen molar-refractivity contribution < 1.29 is 13.2 Å². The number of benzene rings is 1. The molecule has 0 aromatic heterocycles. The zero-order valence-corrected chi connectivity index (χ0v) is 10.2. The molecule has 5 heteroatoms. The third kappa shape index (κ3) is 2.90. The van der Waals surface area contributed by atoms with Gasteiger partial charge in [0.25, 0.3) is 0 Å². The first-order chi connectivity index (χ1) is 7.51. The van der Waals surface area contributed by atoms with Gasteiger partial charge in [0.15, 0.2) is 5.78 Å². The smallest absolute Gasteiger partial charge is 0.240 e. The van der Waals surface area contributed by atoms with Gasteiger partial charge in [0.1, 0.15) is 0 Å². The maximum Gasteiger partial charge on any atom is 0.240 e. The summed E-state index contributed by atoms with van der Waals surface area (Å²) < 4.78 is 25.7. The van der Waals surface area contributed by atoms with Crippen LogP contribution in [-0.2, 0) is 10.0 Å². The Morgan fingerprint density at radius 2 is 2.00 bits per heavy atom. The molecule has 0 heterocycles. The van der Waals surface area contributed by atoms with Crippen LogP contribution < -0.4 is 4.72 Å². The Balaban J connectivity index is 3.13. The Kier molecular flexibility index (Phi) is 4.20. The lowest BCUT2D eigenvalue weighted by atomic mass is 10.1. The first-order valence-corrected chi connectivity index (χ1v) is 6.62. The van der Waals surface area contributed by atoms with E-state index >= 15 is 0 Å². The van der Waals surface area contributed by atoms with Gasteiger partial charge in [0.05, 0.1) is 4.90 Å². The number of Topliss-reactive ketones (excluding diaryl/α,β-unsaturated/α-hetero) is 1. The van der Waals surface area contributed by atoms with Gasteiger partial charge >= 0.3 is 0 Å². The van der Waals surface area contributed by atoms with Crippen molar-refractivity contribution >= 4 is 15.8 Å². The number of hydrogen-bond donors (Lipinski definition) is 1. The van der Waals surface area contributed by atoms with Crippen molar-refractivity contribution in [2.24, 2.45) is 0 Å². The minimum absolute atomic E-state index is 0.0615. The van der Waals surface area contributed by atoms with Crippen molar-refractivity contribution in [2.45, 2.75) is 25.2 Å². The topological polar surface area (TPSA) is 63.2 Å². The van der Waals surface area contributed by atoms with Crippen LogP contribution in [0.5, 0.6) is 0 Å². The van der Waals surface area contributed by atoms with E-state index in [1.54, 1.807) is 26.0 Å². The Morgan fingerprint density at radius 1 is 1.31 bits per heavy atom. The zero-order valence-electron chi connectivity index (χ0n) is 9.36. The number of sulfonamides is 1. The summed E-state index contributed by atoms with van der Waals surface area (Å²) >= 11 is 0. The summed E-state index contributed by atoms with van der Waals surface area (Å²) in [6.07, 6.45) is 0.366. The van der Waals surface area contributed by atoms with E-state index in [2.05, 4.69) is 4.72 Å². The molecule has 0 aliphatic rings. The summed E-state index contributed by atoms with van der Waals surface area (Å²) in [7, 11) is -3.48. The molecule has 4 nitrogen and oxygen atoms in total. The molecule has 0 fully saturated rings. The fourth-order valence-corrected chi connectivity index (χ4v) is 2.40. The monoisotopic (exact) mass is 241 g/mol. The highest BCUT2D eigenvalue weighted by molar-refractivity contribution is 7.89. The number of rotatable bonds is 5. The van der Waals surface area contributed by atoms with Crippen LogP contribution in [0.3, 0.4) is 0 Å². The third-order valence-corrected chi connectivity index (χ3v) is 3.67. The number of hydrogen-bond acceptors (Lipinski definition) is 3. The molecule has 0 unspecified atom stereocenters. The molecule has 1 aromatic rings. The van der Waals surface area contributed by atoms with Crippen LogP contribution in [0.2, 0.25) is 0 Å². The lowest BCUT2D eigenvalue weighted by molar-refractivity contribution is 0.0988. The minimum Gasteiger partial charge on any atom is -0.294 e. The number of nitrogens with one attached hydrogen (secondary N) is 1. The average molecular weight is 241 g/mol. The van der Waals surface area contributed by atoms with E-state index in [9.17, 15) is 13.2 Å². The second kappa shape index (κ2) is 5.23. The molecular weight excluding hydrogens is 226 g/mol. The van der Waals surface area contributed by atoms with Gasteiger partial charge in [0, 0.05) is 18.5 Å². The fraction of sp³-hybridized carbons (Fsp3) is 0.364. The van der Waals surface area contributed by atoms with Gasteiger partial charge in [-0.05, 0) is 12.1 Å². The molecule has 0 atom stereocenters. The highest BCUT2D eigenvalue weighted by atomic mass is 32.2. The Bertz CT molecular complexity index is 480. The highest BCUT2D eigenvalue weighted by Gasteiger charge is 2.14. The molecule has 1 rings (SSSR count). The van der Waals surface area contributed by atoms with Crippen LogP contribution in [0, 0.1) is 0 Å². The zero-order chi connectivity index (χ0) is 12.2. The van der Waals surface area contributed by atoms with Gasteiger partial charge < -0.3 is 0 Å². The molecule has 16 heavy (non-hydrogen) atoms. The van der Waals surface area contributed by atoms with Crippen LogP contribution in [0.1, 0.15) is 30.6 Å². The normalized spacial score (nSPS) is 11.4. The first-order valence-electron chi connectivity index (χ1n) is 5.14. The van der Waals surface area contributed by atoms with Crippen LogP contribution in [-0.4, -0.2) is 20.7 Å². The van der Waals surface area contributed by atoms with Crippen molar-refractivity contribution in [3.8, 4) is 0 Å². The van der Waals surface area contributed by atoms with Gasteiger partial charge in [-0.3, -0.25) is 4.79 Å². The predicted octanol–water partition coefficient (Wildman–Crippen LogP) is 1.58. The van der Waals surface area contributed by atoms with E-state index in [1.165, 1.54) is 12.1 Å². The average Bonchev–Trinajstić information content (AvgIpc) is 2.28. The lowest BCUT2D eigenvalue weighted by Gasteiger charge is -2.05. The van der Waals surface area contributed by atoms with Crippen LogP contribution >= 0.6 is 0 Å². The van der Waals surface area contributed by atoms with E-state index in [0.717, 1.165) is 0 Å². The summed E-state index contributed by atoms with van der Waals surface area (Å²) in [6.45, 7) is 3.78. The Hall–Kier alpha value is -1.20. The Morgan fingerprint density at radius 3 is 2.56 bits per heavy atom. The number of ketones is 1. The van der Waals surface area contributed by atoms with Crippen molar-refractivity contribution in [1.29, 1.82) is 0 Å².